The zero-order valence-corrected chi connectivity index (χ0v) is 10.6. The summed E-state index contributed by atoms with van der Waals surface area (Å²) in [6, 6.07) is 4.49. The van der Waals surface area contributed by atoms with Crippen molar-refractivity contribution in [3.8, 4) is 0 Å². The first-order valence-electron chi connectivity index (χ1n) is 5.67. The summed E-state index contributed by atoms with van der Waals surface area (Å²) in [4.78, 5) is 0. The Morgan fingerprint density at radius 1 is 1.38 bits per heavy atom. The van der Waals surface area contributed by atoms with Gasteiger partial charge >= 0.3 is 0 Å². The molecule has 1 aromatic rings. The highest BCUT2D eigenvalue weighted by Crippen LogP contribution is 2.23. The van der Waals surface area contributed by atoms with Gasteiger partial charge in [0.25, 0.3) is 0 Å². The van der Waals surface area contributed by atoms with Gasteiger partial charge in [-0.2, -0.15) is 0 Å². The second kappa shape index (κ2) is 6.21. The van der Waals surface area contributed by atoms with E-state index in [4.69, 9.17) is 17.3 Å². The molecule has 0 fully saturated rings. The molecular formula is C13H19ClFN. The van der Waals surface area contributed by atoms with Gasteiger partial charge in [-0.25, -0.2) is 4.39 Å². The van der Waals surface area contributed by atoms with Crippen LogP contribution in [0.25, 0.3) is 0 Å². The molecule has 0 aliphatic heterocycles. The van der Waals surface area contributed by atoms with Crippen molar-refractivity contribution < 1.29 is 4.39 Å². The SMILES string of the molecule is CC(C)CC(CN)Cc1cc(F)ccc1Cl. The van der Waals surface area contributed by atoms with E-state index in [0.717, 1.165) is 18.4 Å². The van der Waals surface area contributed by atoms with Crippen molar-refractivity contribution in [2.45, 2.75) is 26.7 Å². The van der Waals surface area contributed by atoms with Crippen LogP contribution in [0.3, 0.4) is 0 Å². The third-order valence-electron chi connectivity index (χ3n) is 2.65. The molecule has 1 atom stereocenters. The van der Waals surface area contributed by atoms with Gasteiger partial charge in [0.2, 0.25) is 0 Å². The molecule has 0 radical (unpaired) electrons. The lowest BCUT2D eigenvalue weighted by atomic mass is 9.91. The summed E-state index contributed by atoms with van der Waals surface area (Å²) < 4.78 is 13.1. The van der Waals surface area contributed by atoms with Crippen LogP contribution in [0.15, 0.2) is 18.2 Å². The Hall–Kier alpha value is -0.600. The van der Waals surface area contributed by atoms with Crippen LogP contribution in [0.4, 0.5) is 4.39 Å². The Morgan fingerprint density at radius 2 is 2.06 bits per heavy atom. The molecule has 2 N–H and O–H groups in total. The molecule has 3 heteroatoms. The average molecular weight is 244 g/mol. The third-order valence-corrected chi connectivity index (χ3v) is 3.02. The first-order valence-corrected chi connectivity index (χ1v) is 6.04. The van der Waals surface area contributed by atoms with E-state index in [9.17, 15) is 4.39 Å². The fraction of sp³-hybridized carbons (Fsp3) is 0.538. The Morgan fingerprint density at radius 3 is 2.62 bits per heavy atom. The minimum Gasteiger partial charge on any atom is -0.330 e. The van der Waals surface area contributed by atoms with Crippen molar-refractivity contribution in [1.29, 1.82) is 0 Å². The summed E-state index contributed by atoms with van der Waals surface area (Å²) in [6.45, 7) is 4.94. The van der Waals surface area contributed by atoms with Gasteiger partial charge in [0, 0.05) is 5.02 Å². The van der Waals surface area contributed by atoms with Crippen LogP contribution < -0.4 is 5.73 Å². The van der Waals surface area contributed by atoms with Crippen molar-refractivity contribution in [1.82, 2.24) is 0 Å². The summed E-state index contributed by atoms with van der Waals surface area (Å²) in [5.41, 5.74) is 6.58. The minimum absolute atomic E-state index is 0.236. The van der Waals surface area contributed by atoms with Crippen molar-refractivity contribution in [3.05, 3.63) is 34.6 Å². The molecule has 0 aromatic heterocycles. The Balaban J connectivity index is 2.73. The lowest BCUT2D eigenvalue weighted by Gasteiger charge is -2.17. The number of benzene rings is 1. The highest BCUT2D eigenvalue weighted by atomic mass is 35.5. The van der Waals surface area contributed by atoms with E-state index >= 15 is 0 Å². The lowest BCUT2D eigenvalue weighted by Crippen LogP contribution is -2.19. The number of hydrogen-bond donors (Lipinski definition) is 1. The van der Waals surface area contributed by atoms with E-state index in [1.54, 1.807) is 6.07 Å². The van der Waals surface area contributed by atoms with Crippen LogP contribution in [-0.4, -0.2) is 6.54 Å². The summed E-state index contributed by atoms with van der Waals surface area (Å²) in [5.74, 6) is 0.736. The van der Waals surface area contributed by atoms with Gasteiger partial charge in [0.1, 0.15) is 5.82 Å². The normalized spacial score (nSPS) is 13.1. The molecule has 0 bridgehead atoms. The van der Waals surface area contributed by atoms with Crippen molar-refractivity contribution >= 4 is 11.6 Å². The number of nitrogens with two attached hydrogens (primary N) is 1. The summed E-state index contributed by atoms with van der Waals surface area (Å²) in [7, 11) is 0. The molecule has 0 saturated carbocycles. The zero-order valence-electron chi connectivity index (χ0n) is 9.84. The van der Waals surface area contributed by atoms with Gasteiger partial charge in [-0.1, -0.05) is 25.4 Å². The first-order chi connectivity index (χ1) is 7.52. The smallest absolute Gasteiger partial charge is 0.123 e. The Bertz CT molecular complexity index is 339. The maximum Gasteiger partial charge on any atom is 0.123 e. The number of halogens is 2. The summed E-state index contributed by atoms with van der Waals surface area (Å²) in [6.07, 6.45) is 1.80. The molecule has 0 aliphatic rings. The molecule has 0 spiro atoms. The van der Waals surface area contributed by atoms with Gasteiger partial charge in [-0.3, -0.25) is 0 Å². The van der Waals surface area contributed by atoms with Crippen LogP contribution in [0.1, 0.15) is 25.8 Å². The molecule has 1 unspecified atom stereocenters. The Labute approximate surface area is 102 Å². The fourth-order valence-electron chi connectivity index (χ4n) is 1.94. The fourth-order valence-corrected chi connectivity index (χ4v) is 2.14. The molecular weight excluding hydrogens is 225 g/mol. The monoisotopic (exact) mass is 243 g/mol. The Kier molecular flexibility index (Phi) is 5.23. The van der Waals surface area contributed by atoms with Gasteiger partial charge in [0.15, 0.2) is 0 Å². The van der Waals surface area contributed by atoms with E-state index in [1.165, 1.54) is 12.1 Å². The van der Waals surface area contributed by atoms with Crippen LogP contribution in [0.5, 0.6) is 0 Å². The van der Waals surface area contributed by atoms with Gasteiger partial charge in [-0.15, -0.1) is 0 Å². The molecule has 1 rings (SSSR count). The molecule has 1 aromatic carbocycles. The average Bonchev–Trinajstić information content (AvgIpc) is 2.21. The molecule has 0 amide bonds. The van der Waals surface area contributed by atoms with Crippen LogP contribution in [0.2, 0.25) is 5.02 Å². The second-order valence-electron chi connectivity index (χ2n) is 4.67. The second-order valence-corrected chi connectivity index (χ2v) is 5.08. The number of hydrogen-bond acceptors (Lipinski definition) is 1. The maximum absolute atomic E-state index is 13.1. The first kappa shape index (κ1) is 13.5. The highest BCUT2D eigenvalue weighted by Gasteiger charge is 2.12. The van der Waals surface area contributed by atoms with Crippen LogP contribution >= 0.6 is 11.6 Å². The van der Waals surface area contributed by atoms with E-state index in [2.05, 4.69) is 13.8 Å². The van der Waals surface area contributed by atoms with Crippen LogP contribution in [0, 0.1) is 17.7 Å². The predicted octanol–water partition coefficient (Wildman–Crippen LogP) is 3.64. The molecule has 0 heterocycles. The summed E-state index contributed by atoms with van der Waals surface area (Å²) >= 11 is 6.03. The van der Waals surface area contributed by atoms with Crippen molar-refractivity contribution in [2.24, 2.45) is 17.6 Å². The van der Waals surface area contributed by atoms with Crippen molar-refractivity contribution in [3.63, 3.8) is 0 Å². The topological polar surface area (TPSA) is 26.0 Å². The predicted molar refractivity (Wildman–Crippen MR) is 67.1 cm³/mol. The largest absolute Gasteiger partial charge is 0.330 e. The highest BCUT2D eigenvalue weighted by molar-refractivity contribution is 6.31. The van der Waals surface area contributed by atoms with E-state index in [-0.39, 0.29) is 5.82 Å². The van der Waals surface area contributed by atoms with Crippen molar-refractivity contribution in [2.75, 3.05) is 6.54 Å². The molecule has 0 aliphatic carbocycles. The van der Waals surface area contributed by atoms with E-state index in [0.29, 0.717) is 23.4 Å². The molecule has 90 valence electrons. The molecule has 1 nitrogen and oxygen atoms in total. The molecule has 0 saturated heterocycles. The zero-order chi connectivity index (χ0) is 12.1. The van der Waals surface area contributed by atoms with Gasteiger partial charge in [-0.05, 0) is 55.0 Å². The maximum atomic E-state index is 13.1. The third kappa shape index (κ3) is 4.11. The number of rotatable bonds is 5. The van der Waals surface area contributed by atoms with Gasteiger partial charge in [0.05, 0.1) is 0 Å². The van der Waals surface area contributed by atoms with E-state index < -0.39 is 0 Å². The minimum atomic E-state index is -0.236. The lowest BCUT2D eigenvalue weighted by molar-refractivity contribution is 0.414. The quantitative estimate of drug-likeness (QED) is 0.840. The van der Waals surface area contributed by atoms with Crippen LogP contribution in [-0.2, 0) is 6.42 Å². The standard InChI is InChI=1S/C13H19ClFN/c1-9(2)5-10(8-16)6-11-7-12(15)3-4-13(11)14/h3-4,7,9-10H,5-6,8,16H2,1-2H3. The van der Waals surface area contributed by atoms with E-state index in [1.807, 2.05) is 0 Å². The summed E-state index contributed by atoms with van der Waals surface area (Å²) in [5, 5.41) is 0.628. The van der Waals surface area contributed by atoms with Gasteiger partial charge < -0.3 is 5.73 Å². The molecule has 16 heavy (non-hydrogen) atoms.